The number of aliphatic hydroxyl groups excluding tert-OH is 1. The van der Waals surface area contributed by atoms with Crippen LogP contribution >= 0.6 is 0 Å². The Balaban J connectivity index is 2.61. The van der Waals surface area contributed by atoms with Crippen molar-refractivity contribution in [1.82, 2.24) is 0 Å². The number of hydrogen-bond donors (Lipinski definition) is 2. The summed E-state index contributed by atoms with van der Waals surface area (Å²) in [5.41, 5.74) is 5.37. The van der Waals surface area contributed by atoms with Gasteiger partial charge in [-0.3, -0.25) is 0 Å². The topological polar surface area (TPSA) is 46.2 Å². The largest absolute Gasteiger partial charge is 0.394 e. The molecule has 2 nitrogen and oxygen atoms in total. The van der Waals surface area contributed by atoms with Crippen LogP contribution in [-0.2, 0) is 0 Å². The Morgan fingerprint density at radius 3 is 2.25 bits per heavy atom. The molecule has 1 aliphatic carbocycles. The van der Waals surface area contributed by atoms with Crippen LogP contribution in [0.25, 0.3) is 0 Å². The van der Waals surface area contributed by atoms with E-state index < -0.39 is 24.2 Å². The summed E-state index contributed by atoms with van der Waals surface area (Å²) >= 11 is 0. The molecule has 3 unspecified atom stereocenters. The molecule has 0 spiro atoms. The van der Waals surface area contributed by atoms with Crippen LogP contribution in [0.5, 0.6) is 0 Å². The zero-order valence-electron chi connectivity index (χ0n) is 6.51. The Morgan fingerprint density at radius 1 is 1.25 bits per heavy atom. The van der Waals surface area contributed by atoms with Crippen LogP contribution in [0.1, 0.15) is 19.3 Å². The van der Waals surface area contributed by atoms with E-state index in [1.807, 2.05) is 0 Å². The molecule has 1 rings (SSSR count). The maximum absolute atomic E-state index is 12.1. The average Bonchev–Trinajstić information content (AvgIpc) is 1.92. The van der Waals surface area contributed by atoms with E-state index in [1.165, 1.54) is 0 Å². The second-order valence-electron chi connectivity index (χ2n) is 3.29. The Kier molecular flexibility index (Phi) is 2.63. The molecule has 0 amide bonds. The van der Waals surface area contributed by atoms with Crippen LogP contribution in [0, 0.1) is 5.92 Å². The molecule has 0 bridgehead atoms. The van der Waals surface area contributed by atoms with Gasteiger partial charge in [-0.05, 0) is 19.3 Å². The number of hydrogen-bond acceptors (Lipinski definition) is 2. The van der Waals surface area contributed by atoms with Crippen LogP contribution in [0.2, 0.25) is 0 Å². The standard InChI is InChI=1S/C7H12F3NO/c8-7(9,10)5-3-4(11)1-2-6(5)12/h4-6,12H,1-3,11H2. The summed E-state index contributed by atoms with van der Waals surface area (Å²) in [6.45, 7) is 0. The third-order valence-electron chi connectivity index (χ3n) is 2.27. The second-order valence-corrected chi connectivity index (χ2v) is 3.29. The van der Waals surface area contributed by atoms with Gasteiger partial charge in [-0.1, -0.05) is 0 Å². The van der Waals surface area contributed by atoms with Gasteiger partial charge < -0.3 is 10.8 Å². The maximum Gasteiger partial charge on any atom is 0.394 e. The van der Waals surface area contributed by atoms with E-state index in [0.717, 1.165) is 0 Å². The minimum Gasteiger partial charge on any atom is -0.392 e. The Labute approximate surface area is 68.6 Å². The minimum atomic E-state index is -4.31. The van der Waals surface area contributed by atoms with Gasteiger partial charge in [-0.25, -0.2) is 0 Å². The first-order valence-electron chi connectivity index (χ1n) is 3.91. The van der Waals surface area contributed by atoms with Crippen molar-refractivity contribution >= 4 is 0 Å². The van der Waals surface area contributed by atoms with Gasteiger partial charge in [-0.15, -0.1) is 0 Å². The Morgan fingerprint density at radius 2 is 1.83 bits per heavy atom. The van der Waals surface area contributed by atoms with E-state index in [-0.39, 0.29) is 12.8 Å². The number of aliphatic hydroxyl groups is 1. The van der Waals surface area contributed by atoms with Gasteiger partial charge in [-0.2, -0.15) is 13.2 Å². The summed E-state index contributed by atoms with van der Waals surface area (Å²) in [6, 6.07) is -0.417. The molecule has 0 radical (unpaired) electrons. The van der Waals surface area contributed by atoms with Crippen molar-refractivity contribution in [2.45, 2.75) is 37.6 Å². The fraction of sp³-hybridized carbons (Fsp3) is 1.00. The van der Waals surface area contributed by atoms with Crippen LogP contribution in [0.4, 0.5) is 13.2 Å². The van der Waals surface area contributed by atoms with Gasteiger partial charge in [0.25, 0.3) is 0 Å². The quantitative estimate of drug-likeness (QED) is 0.589. The summed E-state index contributed by atoms with van der Waals surface area (Å²) in [7, 11) is 0. The summed E-state index contributed by atoms with van der Waals surface area (Å²) in [5, 5.41) is 9.05. The lowest BCUT2D eigenvalue weighted by Crippen LogP contribution is -2.43. The van der Waals surface area contributed by atoms with Crippen molar-refractivity contribution in [2.75, 3.05) is 0 Å². The van der Waals surface area contributed by atoms with Gasteiger partial charge >= 0.3 is 6.18 Å². The first-order valence-corrected chi connectivity index (χ1v) is 3.91. The molecule has 5 heteroatoms. The summed E-state index contributed by atoms with van der Waals surface area (Å²) < 4.78 is 36.4. The first-order chi connectivity index (χ1) is 5.41. The molecule has 1 saturated carbocycles. The van der Waals surface area contributed by atoms with E-state index in [1.54, 1.807) is 0 Å². The van der Waals surface area contributed by atoms with Gasteiger partial charge in [0, 0.05) is 6.04 Å². The fourth-order valence-electron chi connectivity index (χ4n) is 1.54. The van der Waals surface area contributed by atoms with Gasteiger partial charge in [0.1, 0.15) is 0 Å². The average molecular weight is 183 g/mol. The van der Waals surface area contributed by atoms with Crippen molar-refractivity contribution in [3.63, 3.8) is 0 Å². The molecule has 0 saturated heterocycles. The van der Waals surface area contributed by atoms with Crippen molar-refractivity contribution in [3.8, 4) is 0 Å². The molecule has 0 heterocycles. The predicted octanol–water partition coefficient (Wildman–Crippen LogP) is 1.04. The molecule has 1 aliphatic rings. The number of alkyl halides is 3. The molecule has 0 aromatic carbocycles. The van der Waals surface area contributed by atoms with Gasteiger partial charge in [0.05, 0.1) is 12.0 Å². The molecule has 72 valence electrons. The normalized spacial score (nSPS) is 38.2. The Hall–Kier alpha value is -0.290. The smallest absolute Gasteiger partial charge is 0.392 e. The molecular formula is C7H12F3NO. The molecule has 1 fully saturated rings. The first kappa shape index (κ1) is 9.80. The summed E-state index contributed by atoms with van der Waals surface area (Å²) in [5.74, 6) is -1.62. The molecular weight excluding hydrogens is 171 g/mol. The highest BCUT2D eigenvalue weighted by molar-refractivity contribution is 4.85. The number of rotatable bonds is 0. The third kappa shape index (κ3) is 2.10. The van der Waals surface area contributed by atoms with Gasteiger partial charge in [0.2, 0.25) is 0 Å². The van der Waals surface area contributed by atoms with E-state index in [4.69, 9.17) is 10.8 Å². The molecule has 3 N–H and O–H groups in total. The zero-order chi connectivity index (χ0) is 9.35. The summed E-state index contributed by atoms with van der Waals surface area (Å²) in [6.07, 6.45) is -5.08. The summed E-state index contributed by atoms with van der Waals surface area (Å²) in [4.78, 5) is 0. The third-order valence-corrected chi connectivity index (χ3v) is 2.27. The van der Waals surface area contributed by atoms with Crippen LogP contribution < -0.4 is 5.73 Å². The fourth-order valence-corrected chi connectivity index (χ4v) is 1.54. The maximum atomic E-state index is 12.1. The minimum absolute atomic E-state index is 0.148. The van der Waals surface area contributed by atoms with Crippen molar-refractivity contribution in [3.05, 3.63) is 0 Å². The van der Waals surface area contributed by atoms with Crippen molar-refractivity contribution in [2.24, 2.45) is 11.7 Å². The zero-order valence-corrected chi connectivity index (χ0v) is 6.51. The highest BCUT2D eigenvalue weighted by Crippen LogP contribution is 2.37. The van der Waals surface area contributed by atoms with E-state index >= 15 is 0 Å². The SMILES string of the molecule is NC1CCC(O)C(C(F)(F)F)C1. The monoisotopic (exact) mass is 183 g/mol. The lowest BCUT2D eigenvalue weighted by Gasteiger charge is -2.32. The van der Waals surface area contributed by atoms with Crippen molar-refractivity contribution in [1.29, 1.82) is 0 Å². The highest BCUT2D eigenvalue weighted by atomic mass is 19.4. The Bertz CT molecular complexity index is 159. The number of nitrogens with two attached hydrogens (primary N) is 1. The molecule has 3 atom stereocenters. The van der Waals surface area contributed by atoms with Gasteiger partial charge in [0.15, 0.2) is 0 Å². The highest BCUT2D eigenvalue weighted by Gasteiger charge is 2.46. The van der Waals surface area contributed by atoms with E-state index in [2.05, 4.69) is 0 Å². The lowest BCUT2D eigenvalue weighted by atomic mass is 9.83. The van der Waals surface area contributed by atoms with Crippen LogP contribution in [-0.4, -0.2) is 23.4 Å². The number of halogens is 3. The lowest BCUT2D eigenvalue weighted by molar-refractivity contribution is -0.209. The molecule has 0 aromatic heterocycles. The van der Waals surface area contributed by atoms with Crippen molar-refractivity contribution < 1.29 is 18.3 Å². The van der Waals surface area contributed by atoms with Crippen LogP contribution in [0.3, 0.4) is 0 Å². The van der Waals surface area contributed by atoms with E-state index in [9.17, 15) is 13.2 Å². The molecule has 0 aromatic rings. The molecule has 0 aliphatic heterocycles. The van der Waals surface area contributed by atoms with E-state index in [0.29, 0.717) is 6.42 Å². The van der Waals surface area contributed by atoms with Crippen LogP contribution in [0.15, 0.2) is 0 Å². The molecule has 12 heavy (non-hydrogen) atoms. The second kappa shape index (κ2) is 3.22. The predicted molar refractivity (Wildman–Crippen MR) is 37.4 cm³/mol.